The van der Waals surface area contributed by atoms with E-state index in [2.05, 4.69) is 19.9 Å². The molecular formula is C24H26N4O4S. The Balaban J connectivity index is 1.67. The second-order valence-corrected chi connectivity index (χ2v) is 9.41. The largest absolute Gasteiger partial charge is 0.497 e. The van der Waals surface area contributed by atoms with Crippen molar-refractivity contribution in [1.82, 2.24) is 4.98 Å². The first kappa shape index (κ1) is 22.6. The molecule has 2 N–H and O–H groups in total. The van der Waals surface area contributed by atoms with Crippen LogP contribution in [0.3, 0.4) is 0 Å². The number of hydrogen-bond acceptors (Lipinski definition) is 6. The standard InChI is InChI=1S/C24H26N4O4S/c1-32-21-8-5-19(6-9-21)27-33(30,31)23-17-20(26-24(29)18-11-13-25-14-12-18)7-10-22(23)28-15-3-2-4-16-28/h5-14,17,27H,2-4,15-16H2,1H3,(H,26,29). The van der Waals surface area contributed by atoms with Gasteiger partial charge in [0.05, 0.1) is 12.8 Å². The van der Waals surface area contributed by atoms with E-state index in [0.717, 1.165) is 32.4 Å². The number of piperidine rings is 1. The maximum absolute atomic E-state index is 13.4. The molecule has 2 aromatic carbocycles. The molecule has 172 valence electrons. The number of anilines is 3. The van der Waals surface area contributed by atoms with E-state index in [1.54, 1.807) is 55.6 Å². The molecule has 2 heterocycles. The van der Waals surface area contributed by atoms with Gasteiger partial charge in [0.1, 0.15) is 10.6 Å². The number of nitrogens with zero attached hydrogens (tertiary/aromatic N) is 2. The van der Waals surface area contributed by atoms with Crippen molar-refractivity contribution < 1.29 is 17.9 Å². The molecule has 0 radical (unpaired) electrons. The fourth-order valence-corrected chi connectivity index (χ4v) is 5.09. The van der Waals surface area contributed by atoms with Gasteiger partial charge in [0.25, 0.3) is 15.9 Å². The van der Waals surface area contributed by atoms with Crippen LogP contribution < -0.4 is 19.7 Å². The van der Waals surface area contributed by atoms with E-state index >= 15 is 0 Å². The number of benzene rings is 2. The number of carbonyl (C=O) groups is 1. The molecule has 9 heteroatoms. The number of methoxy groups -OCH3 is 1. The average molecular weight is 467 g/mol. The van der Waals surface area contributed by atoms with Crippen LogP contribution in [0.4, 0.5) is 17.1 Å². The van der Waals surface area contributed by atoms with Gasteiger partial charge < -0.3 is 15.0 Å². The van der Waals surface area contributed by atoms with Gasteiger partial charge in [-0.1, -0.05) is 0 Å². The molecule has 0 spiro atoms. The third-order valence-electron chi connectivity index (χ3n) is 5.49. The molecule has 0 atom stereocenters. The van der Waals surface area contributed by atoms with E-state index in [9.17, 15) is 13.2 Å². The van der Waals surface area contributed by atoms with Crippen LogP contribution in [0.25, 0.3) is 0 Å². The lowest BCUT2D eigenvalue weighted by molar-refractivity contribution is 0.102. The van der Waals surface area contributed by atoms with Gasteiger partial charge in [-0.3, -0.25) is 14.5 Å². The van der Waals surface area contributed by atoms with Crippen LogP contribution in [0.1, 0.15) is 29.6 Å². The summed E-state index contributed by atoms with van der Waals surface area (Å²) in [5, 5.41) is 2.79. The van der Waals surface area contributed by atoms with Gasteiger partial charge in [0.15, 0.2) is 0 Å². The highest BCUT2D eigenvalue weighted by atomic mass is 32.2. The molecule has 4 rings (SSSR count). The summed E-state index contributed by atoms with van der Waals surface area (Å²) in [6.07, 6.45) is 6.20. The Morgan fingerprint density at radius 1 is 0.939 bits per heavy atom. The number of aromatic nitrogens is 1. The molecule has 1 saturated heterocycles. The number of sulfonamides is 1. The topological polar surface area (TPSA) is 101 Å². The summed E-state index contributed by atoms with van der Waals surface area (Å²) in [6, 6.07) is 14.9. The molecule has 1 fully saturated rings. The van der Waals surface area contributed by atoms with Crippen LogP contribution in [0.5, 0.6) is 5.75 Å². The predicted octanol–water partition coefficient (Wildman–Crippen LogP) is 4.13. The van der Waals surface area contributed by atoms with E-state index < -0.39 is 10.0 Å². The molecule has 8 nitrogen and oxygen atoms in total. The average Bonchev–Trinajstić information content (AvgIpc) is 2.85. The van der Waals surface area contributed by atoms with Gasteiger partial charge in [0.2, 0.25) is 0 Å². The van der Waals surface area contributed by atoms with Gasteiger partial charge in [-0.25, -0.2) is 8.42 Å². The molecule has 3 aromatic rings. The zero-order valence-electron chi connectivity index (χ0n) is 18.3. The van der Waals surface area contributed by atoms with Crippen molar-refractivity contribution in [3.05, 3.63) is 72.6 Å². The Morgan fingerprint density at radius 2 is 1.61 bits per heavy atom. The SMILES string of the molecule is COc1ccc(NS(=O)(=O)c2cc(NC(=O)c3ccncc3)ccc2N2CCCCC2)cc1. The van der Waals surface area contributed by atoms with Crippen molar-refractivity contribution in [3.63, 3.8) is 0 Å². The van der Waals surface area contributed by atoms with Gasteiger partial charge in [-0.05, 0) is 73.9 Å². The summed E-state index contributed by atoms with van der Waals surface area (Å²) in [6.45, 7) is 1.57. The normalized spacial score (nSPS) is 13.9. The number of hydrogen-bond donors (Lipinski definition) is 2. The molecule has 0 bridgehead atoms. The summed E-state index contributed by atoms with van der Waals surface area (Å²) >= 11 is 0. The minimum absolute atomic E-state index is 0.118. The fraction of sp³-hybridized carbons (Fsp3) is 0.250. The maximum atomic E-state index is 13.4. The smallest absolute Gasteiger partial charge is 0.264 e. The first-order chi connectivity index (χ1) is 16.0. The van der Waals surface area contributed by atoms with E-state index in [0.29, 0.717) is 28.4 Å². The molecule has 0 unspecified atom stereocenters. The number of amides is 1. The Hall–Kier alpha value is -3.59. The Kier molecular flexibility index (Phi) is 6.79. The fourth-order valence-electron chi connectivity index (χ4n) is 3.78. The molecule has 1 aromatic heterocycles. The Morgan fingerprint density at radius 3 is 2.27 bits per heavy atom. The van der Waals surface area contributed by atoms with E-state index in [1.165, 1.54) is 18.5 Å². The van der Waals surface area contributed by atoms with Gasteiger partial charge in [0, 0.05) is 42.4 Å². The first-order valence-electron chi connectivity index (χ1n) is 10.7. The predicted molar refractivity (Wildman–Crippen MR) is 128 cm³/mol. The van der Waals surface area contributed by atoms with Crippen molar-refractivity contribution in [2.75, 3.05) is 35.1 Å². The highest BCUT2D eigenvalue weighted by Crippen LogP contribution is 2.32. The van der Waals surface area contributed by atoms with Crippen LogP contribution in [-0.2, 0) is 10.0 Å². The summed E-state index contributed by atoms with van der Waals surface area (Å²) in [5.74, 6) is 0.294. The van der Waals surface area contributed by atoms with Crippen LogP contribution in [-0.4, -0.2) is 39.5 Å². The molecule has 0 saturated carbocycles. The van der Waals surface area contributed by atoms with Gasteiger partial charge >= 0.3 is 0 Å². The summed E-state index contributed by atoms with van der Waals surface area (Å²) in [4.78, 5) is 18.7. The third kappa shape index (κ3) is 5.43. The Bertz CT molecular complexity index is 1210. The van der Waals surface area contributed by atoms with E-state index in [4.69, 9.17) is 4.74 Å². The lowest BCUT2D eigenvalue weighted by Crippen LogP contribution is -2.31. The van der Waals surface area contributed by atoms with Gasteiger partial charge in [-0.15, -0.1) is 0 Å². The number of rotatable bonds is 7. The van der Waals surface area contributed by atoms with Crippen molar-refractivity contribution in [2.45, 2.75) is 24.2 Å². The third-order valence-corrected chi connectivity index (χ3v) is 6.90. The van der Waals surface area contributed by atoms with E-state index in [1.807, 2.05) is 0 Å². The highest BCUT2D eigenvalue weighted by molar-refractivity contribution is 7.92. The number of nitrogens with one attached hydrogen (secondary N) is 2. The van der Waals surface area contributed by atoms with Crippen molar-refractivity contribution in [2.24, 2.45) is 0 Å². The zero-order chi connectivity index (χ0) is 23.3. The number of pyridine rings is 1. The molecule has 1 amide bonds. The second kappa shape index (κ2) is 9.91. The lowest BCUT2D eigenvalue weighted by atomic mass is 10.1. The summed E-state index contributed by atoms with van der Waals surface area (Å²) in [7, 11) is -2.38. The minimum atomic E-state index is -3.93. The lowest BCUT2D eigenvalue weighted by Gasteiger charge is -2.30. The first-order valence-corrected chi connectivity index (χ1v) is 12.2. The van der Waals surface area contributed by atoms with Crippen molar-refractivity contribution in [1.29, 1.82) is 0 Å². The minimum Gasteiger partial charge on any atom is -0.497 e. The van der Waals surface area contributed by atoms with Crippen molar-refractivity contribution >= 4 is 33.0 Å². The van der Waals surface area contributed by atoms with Gasteiger partial charge in [-0.2, -0.15) is 0 Å². The van der Waals surface area contributed by atoms with Crippen LogP contribution in [0.2, 0.25) is 0 Å². The molecule has 1 aliphatic heterocycles. The van der Waals surface area contributed by atoms with Crippen LogP contribution >= 0.6 is 0 Å². The second-order valence-electron chi connectivity index (χ2n) is 7.75. The quantitative estimate of drug-likeness (QED) is 0.543. The molecule has 0 aliphatic carbocycles. The monoisotopic (exact) mass is 466 g/mol. The highest BCUT2D eigenvalue weighted by Gasteiger charge is 2.24. The number of carbonyl (C=O) groups excluding carboxylic acids is 1. The Labute approximate surface area is 193 Å². The summed E-state index contributed by atoms with van der Waals surface area (Å²) in [5.41, 5.74) is 1.88. The summed E-state index contributed by atoms with van der Waals surface area (Å²) < 4.78 is 34.7. The molecule has 1 aliphatic rings. The molecular weight excluding hydrogens is 440 g/mol. The van der Waals surface area contributed by atoms with Crippen LogP contribution in [0.15, 0.2) is 71.9 Å². The van der Waals surface area contributed by atoms with Crippen LogP contribution in [0, 0.1) is 0 Å². The van der Waals surface area contributed by atoms with E-state index in [-0.39, 0.29) is 10.8 Å². The number of ether oxygens (including phenoxy) is 1. The molecule has 33 heavy (non-hydrogen) atoms. The van der Waals surface area contributed by atoms with Crippen molar-refractivity contribution in [3.8, 4) is 5.75 Å². The maximum Gasteiger partial charge on any atom is 0.264 e. The zero-order valence-corrected chi connectivity index (χ0v) is 19.1.